The molecule has 3 heterocycles. The predicted octanol–water partition coefficient (Wildman–Crippen LogP) is 7.21. The lowest BCUT2D eigenvalue weighted by Crippen LogP contribution is -2.34. The average molecular weight is 579 g/mol. The van der Waals surface area contributed by atoms with Crippen LogP contribution in [-0.2, 0) is 9.47 Å². The number of ether oxygens (including phenoxy) is 2. The van der Waals surface area contributed by atoms with Gasteiger partial charge in [-0.15, -0.1) is 0 Å². The van der Waals surface area contributed by atoms with Crippen molar-refractivity contribution in [2.75, 3.05) is 44.1 Å². The van der Waals surface area contributed by atoms with Crippen LogP contribution in [-0.4, -0.2) is 65.0 Å². The summed E-state index contributed by atoms with van der Waals surface area (Å²) >= 11 is 3.75. The first-order chi connectivity index (χ1) is 19.6. The third kappa shape index (κ3) is 7.25. The van der Waals surface area contributed by atoms with E-state index in [1.54, 1.807) is 37.5 Å². The van der Waals surface area contributed by atoms with Crippen LogP contribution >= 0.6 is 23.1 Å². The van der Waals surface area contributed by atoms with Crippen molar-refractivity contribution >= 4 is 39.7 Å². The van der Waals surface area contributed by atoms with E-state index in [1.807, 2.05) is 22.8 Å². The van der Waals surface area contributed by atoms with E-state index < -0.39 is 0 Å². The van der Waals surface area contributed by atoms with Crippen molar-refractivity contribution in [3.05, 3.63) is 60.3 Å². The van der Waals surface area contributed by atoms with Crippen LogP contribution in [0.2, 0.25) is 0 Å². The van der Waals surface area contributed by atoms with Gasteiger partial charge in [-0.1, -0.05) is 36.3 Å². The van der Waals surface area contributed by atoms with Crippen LogP contribution in [0.3, 0.4) is 0 Å². The molecule has 0 bridgehead atoms. The fourth-order valence-electron chi connectivity index (χ4n) is 4.99. The Morgan fingerprint density at radius 2 is 1.73 bits per heavy atom. The first-order valence-electron chi connectivity index (χ1n) is 14.2. The number of carbonyl (C=O) groups excluding carboxylic acids is 1. The smallest absolute Gasteiger partial charge is 0.338 e. The Hall–Kier alpha value is -2.88. The Balaban J connectivity index is 1.12. The number of rotatable bonds is 13. The number of fused-ring (bicyclic) bond motifs is 1. The van der Waals surface area contributed by atoms with E-state index in [9.17, 15) is 4.79 Å². The molecular formula is C31H38N4O3S2. The highest BCUT2D eigenvalue weighted by Gasteiger charge is 2.20. The van der Waals surface area contributed by atoms with E-state index in [0.29, 0.717) is 12.2 Å². The van der Waals surface area contributed by atoms with Gasteiger partial charge in [-0.25, -0.2) is 14.3 Å². The molecule has 0 saturated carbocycles. The zero-order chi connectivity index (χ0) is 27.7. The molecule has 0 spiro atoms. The molecule has 0 atom stereocenters. The van der Waals surface area contributed by atoms with Crippen molar-refractivity contribution in [3.8, 4) is 21.8 Å². The summed E-state index contributed by atoms with van der Waals surface area (Å²) < 4.78 is 12.0. The highest BCUT2D eigenvalue weighted by atomic mass is 32.2. The number of methoxy groups -OCH3 is 1. The summed E-state index contributed by atoms with van der Waals surface area (Å²) in [7, 11) is 1.78. The SMILES string of the molecule is CCOC(=O)c1ccc(-c2cn3nc(-c4ccc(N5CCC(SCCCCCCOC)CC5)cc4)sc3n2)cc1. The van der Waals surface area contributed by atoms with Gasteiger partial charge in [0.1, 0.15) is 5.01 Å². The molecule has 0 radical (unpaired) electrons. The number of aromatic nitrogens is 3. The molecule has 2 aromatic heterocycles. The van der Waals surface area contributed by atoms with Gasteiger partial charge in [0.2, 0.25) is 4.96 Å². The summed E-state index contributed by atoms with van der Waals surface area (Å²) in [5.74, 6) is 0.976. The standard InChI is InChI=1S/C31H38N4O3S2/c1-3-38-30(36)25-10-8-23(9-11-25)28-22-35-31(32-28)40-29(33-35)24-12-14-26(15-13-24)34-18-16-27(17-19-34)39-21-7-5-4-6-20-37-2/h8-15,22,27H,3-7,16-21H2,1-2H3. The lowest BCUT2D eigenvalue weighted by atomic mass is 10.1. The molecule has 1 aliphatic heterocycles. The minimum atomic E-state index is -0.309. The number of unbranched alkanes of at least 4 members (excludes halogenated alkanes) is 3. The number of hydrogen-bond acceptors (Lipinski definition) is 8. The third-order valence-electron chi connectivity index (χ3n) is 7.25. The number of carbonyl (C=O) groups is 1. The lowest BCUT2D eigenvalue weighted by molar-refractivity contribution is 0.0526. The number of thioether (sulfide) groups is 1. The predicted molar refractivity (Wildman–Crippen MR) is 166 cm³/mol. The normalized spacial score (nSPS) is 14.2. The molecule has 2 aromatic carbocycles. The fourth-order valence-corrected chi connectivity index (χ4v) is 7.13. The molecule has 7 nitrogen and oxygen atoms in total. The van der Waals surface area contributed by atoms with Gasteiger partial charge in [-0.3, -0.25) is 0 Å². The molecule has 40 heavy (non-hydrogen) atoms. The van der Waals surface area contributed by atoms with Crippen molar-refractivity contribution in [1.29, 1.82) is 0 Å². The zero-order valence-electron chi connectivity index (χ0n) is 23.4. The molecule has 1 aliphatic rings. The van der Waals surface area contributed by atoms with Crippen LogP contribution < -0.4 is 4.90 Å². The maximum atomic E-state index is 11.9. The molecule has 0 unspecified atom stereocenters. The number of esters is 1. The largest absolute Gasteiger partial charge is 0.462 e. The number of benzene rings is 2. The monoisotopic (exact) mass is 578 g/mol. The highest BCUT2D eigenvalue weighted by molar-refractivity contribution is 7.99. The van der Waals surface area contributed by atoms with Gasteiger partial charge in [0.05, 0.1) is 24.1 Å². The third-order valence-corrected chi connectivity index (χ3v) is 9.69. The van der Waals surface area contributed by atoms with Crippen molar-refractivity contribution < 1.29 is 14.3 Å². The second kappa shape index (κ2) is 14.1. The van der Waals surface area contributed by atoms with Crippen LogP contribution in [0.25, 0.3) is 26.8 Å². The maximum absolute atomic E-state index is 11.9. The summed E-state index contributed by atoms with van der Waals surface area (Å²) in [5.41, 5.74) is 4.71. The fraction of sp³-hybridized carbons (Fsp3) is 0.452. The number of hydrogen-bond donors (Lipinski definition) is 0. The van der Waals surface area contributed by atoms with Gasteiger partial charge >= 0.3 is 5.97 Å². The van der Waals surface area contributed by atoms with Crippen LogP contribution in [0.4, 0.5) is 5.69 Å². The van der Waals surface area contributed by atoms with E-state index in [1.165, 1.54) is 50.0 Å². The maximum Gasteiger partial charge on any atom is 0.338 e. The van der Waals surface area contributed by atoms with Crippen molar-refractivity contribution in [2.45, 2.75) is 50.7 Å². The number of anilines is 1. The van der Waals surface area contributed by atoms with E-state index in [2.05, 4.69) is 40.9 Å². The first-order valence-corrected chi connectivity index (χ1v) is 16.1. The molecule has 9 heteroatoms. The van der Waals surface area contributed by atoms with E-state index in [4.69, 9.17) is 19.6 Å². The summed E-state index contributed by atoms with van der Waals surface area (Å²) in [4.78, 5) is 20.0. The quantitative estimate of drug-likeness (QED) is 0.123. The van der Waals surface area contributed by atoms with Crippen LogP contribution in [0, 0.1) is 0 Å². The molecule has 0 N–H and O–H groups in total. The molecule has 5 rings (SSSR count). The summed E-state index contributed by atoms with van der Waals surface area (Å²) in [6, 6.07) is 16.1. The summed E-state index contributed by atoms with van der Waals surface area (Å²) in [6.45, 7) is 5.31. The molecule has 212 valence electrons. The second-order valence-corrected chi connectivity index (χ2v) is 12.4. The average Bonchev–Trinajstić information content (AvgIpc) is 3.57. The number of piperidine rings is 1. The Morgan fingerprint density at radius 1 is 1.00 bits per heavy atom. The van der Waals surface area contributed by atoms with Crippen LogP contribution in [0.1, 0.15) is 55.8 Å². The summed E-state index contributed by atoms with van der Waals surface area (Å²) in [5, 5.41) is 6.53. The van der Waals surface area contributed by atoms with Gasteiger partial charge in [0.15, 0.2) is 0 Å². The van der Waals surface area contributed by atoms with Gasteiger partial charge in [0, 0.05) is 48.9 Å². The van der Waals surface area contributed by atoms with Gasteiger partial charge in [-0.2, -0.15) is 16.9 Å². The Kier molecular flexibility index (Phi) is 10.1. The Bertz CT molecular complexity index is 1330. The van der Waals surface area contributed by atoms with Gasteiger partial charge in [-0.05, 0) is 74.8 Å². The minimum absolute atomic E-state index is 0.309. The minimum Gasteiger partial charge on any atom is -0.462 e. The van der Waals surface area contributed by atoms with E-state index in [-0.39, 0.29) is 5.97 Å². The highest BCUT2D eigenvalue weighted by Crippen LogP contribution is 2.32. The molecule has 4 aromatic rings. The molecular weight excluding hydrogens is 541 g/mol. The van der Waals surface area contributed by atoms with Gasteiger partial charge < -0.3 is 14.4 Å². The van der Waals surface area contributed by atoms with E-state index >= 15 is 0 Å². The molecule has 1 saturated heterocycles. The lowest BCUT2D eigenvalue weighted by Gasteiger charge is -2.33. The van der Waals surface area contributed by atoms with Crippen molar-refractivity contribution in [2.24, 2.45) is 0 Å². The zero-order valence-corrected chi connectivity index (χ0v) is 25.0. The van der Waals surface area contributed by atoms with Crippen molar-refractivity contribution in [3.63, 3.8) is 0 Å². The summed E-state index contributed by atoms with van der Waals surface area (Å²) in [6.07, 6.45) is 9.56. The number of imidazole rings is 1. The topological polar surface area (TPSA) is 69.0 Å². The Labute approximate surface area is 244 Å². The first kappa shape index (κ1) is 28.6. The molecule has 1 fully saturated rings. The second-order valence-electron chi connectivity index (χ2n) is 10.1. The molecule has 0 aliphatic carbocycles. The number of nitrogens with zero attached hydrogens (tertiary/aromatic N) is 4. The van der Waals surface area contributed by atoms with E-state index in [0.717, 1.165) is 51.7 Å². The van der Waals surface area contributed by atoms with Crippen LogP contribution in [0.5, 0.6) is 0 Å². The Morgan fingerprint density at radius 3 is 2.42 bits per heavy atom. The molecule has 0 amide bonds. The van der Waals surface area contributed by atoms with Gasteiger partial charge in [0.25, 0.3) is 0 Å². The van der Waals surface area contributed by atoms with Crippen molar-refractivity contribution in [1.82, 2.24) is 14.6 Å². The van der Waals surface area contributed by atoms with Crippen LogP contribution in [0.15, 0.2) is 54.7 Å².